The third kappa shape index (κ3) is 5.37. The van der Waals surface area contributed by atoms with Crippen LogP contribution in [0.25, 0.3) is 0 Å². The second kappa shape index (κ2) is 9.27. The standard InChI is InChI=1S/C21H24N2O6/c1-14(2)21(15-4-9-18-19(12-15)28-11-3-10-27-18)22-20(24)13-29-17-7-5-16(6-8-17)23(25)26/h4-9,12,14,21H,3,10-11,13H2,1-2H3,(H,22,24). The first-order valence-corrected chi connectivity index (χ1v) is 9.50. The van der Waals surface area contributed by atoms with E-state index in [9.17, 15) is 14.9 Å². The Bertz CT molecular complexity index is 866. The van der Waals surface area contributed by atoms with Crippen LogP contribution >= 0.6 is 0 Å². The zero-order chi connectivity index (χ0) is 20.8. The largest absolute Gasteiger partial charge is 0.490 e. The summed E-state index contributed by atoms with van der Waals surface area (Å²) in [5, 5.41) is 13.7. The molecule has 1 atom stereocenters. The summed E-state index contributed by atoms with van der Waals surface area (Å²) in [6, 6.07) is 11.1. The fourth-order valence-electron chi connectivity index (χ4n) is 3.04. The molecule has 0 aromatic heterocycles. The molecule has 0 aliphatic carbocycles. The Morgan fingerprint density at radius 1 is 1.14 bits per heavy atom. The van der Waals surface area contributed by atoms with Gasteiger partial charge in [0.15, 0.2) is 18.1 Å². The van der Waals surface area contributed by atoms with Gasteiger partial charge in [0.2, 0.25) is 0 Å². The number of hydrogen-bond acceptors (Lipinski definition) is 6. The maximum atomic E-state index is 12.4. The van der Waals surface area contributed by atoms with Crippen molar-refractivity contribution in [1.82, 2.24) is 5.32 Å². The van der Waals surface area contributed by atoms with Crippen molar-refractivity contribution in [3.8, 4) is 17.2 Å². The van der Waals surface area contributed by atoms with Crippen LogP contribution in [0.5, 0.6) is 17.2 Å². The van der Waals surface area contributed by atoms with Crippen molar-refractivity contribution in [3.05, 3.63) is 58.1 Å². The average molecular weight is 400 g/mol. The van der Waals surface area contributed by atoms with Crippen molar-refractivity contribution in [3.63, 3.8) is 0 Å². The van der Waals surface area contributed by atoms with E-state index in [1.54, 1.807) is 0 Å². The molecule has 3 rings (SSSR count). The van der Waals surface area contributed by atoms with Crippen molar-refractivity contribution in [2.45, 2.75) is 26.3 Å². The van der Waals surface area contributed by atoms with Crippen LogP contribution in [-0.2, 0) is 4.79 Å². The molecule has 1 aliphatic rings. The summed E-state index contributed by atoms with van der Waals surface area (Å²) in [7, 11) is 0. The minimum Gasteiger partial charge on any atom is -0.490 e. The third-order valence-electron chi connectivity index (χ3n) is 4.53. The number of nitrogens with one attached hydrogen (secondary N) is 1. The smallest absolute Gasteiger partial charge is 0.269 e. The van der Waals surface area contributed by atoms with Crippen molar-refractivity contribution in [2.75, 3.05) is 19.8 Å². The van der Waals surface area contributed by atoms with Gasteiger partial charge < -0.3 is 19.5 Å². The lowest BCUT2D eigenvalue weighted by Gasteiger charge is -2.24. The van der Waals surface area contributed by atoms with Gasteiger partial charge in [-0.15, -0.1) is 0 Å². The molecule has 2 aromatic carbocycles. The van der Waals surface area contributed by atoms with Crippen LogP contribution in [0.2, 0.25) is 0 Å². The maximum Gasteiger partial charge on any atom is 0.269 e. The molecule has 2 aromatic rings. The fourth-order valence-corrected chi connectivity index (χ4v) is 3.04. The van der Waals surface area contributed by atoms with Gasteiger partial charge in [0, 0.05) is 18.6 Å². The second-order valence-electron chi connectivity index (χ2n) is 7.09. The highest BCUT2D eigenvalue weighted by molar-refractivity contribution is 5.78. The van der Waals surface area contributed by atoms with Crippen LogP contribution in [0.15, 0.2) is 42.5 Å². The number of nitro groups is 1. The summed E-state index contributed by atoms with van der Waals surface area (Å²) < 4.78 is 16.9. The molecule has 0 saturated heterocycles. The first-order valence-electron chi connectivity index (χ1n) is 9.50. The Hall–Kier alpha value is -3.29. The van der Waals surface area contributed by atoms with Gasteiger partial charge in [-0.1, -0.05) is 19.9 Å². The lowest BCUT2D eigenvalue weighted by atomic mass is 9.95. The van der Waals surface area contributed by atoms with E-state index in [0.717, 1.165) is 12.0 Å². The summed E-state index contributed by atoms with van der Waals surface area (Å²) in [5.74, 6) is 1.64. The molecule has 8 nitrogen and oxygen atoms in total. The molecule has 0 bridgehead atoms. The molecular weight excluding hydrogens is 376 g/mol. The fraction of sp³-hybridized carbons (Fsp3) is 0.381. The number of ether oxygens (including phenoxy) is 3. The first kappa shape index (κ1) is 20.4. The van der Waals surface area contributed by atoms with Crippen molar-refractivity contribution < 1.29 is 23.9 Å². The van der Waals surface area contributed by atoms with Gasteiger partial charge in [-0.05, 0) is 35.7 Å². The quantitative estimate of drug-likeness (QED) is 0.562. The van der Waals surface area contributed by atoms with E-state index in [2.05, 4.69) is 5.32 Å². The minimum absolute atomic E-state index is 0.0314. The number of amides is 1. The van der Waals surface area contributed by atoms with Crippen LogP contribution in [0.3, 0.4) is 0 Å². The number of benzene rings is 2. The van der Waals surface area contributed by atoms with Crippen LogP contribution in [0.4, 0.5) is 5.69 Å². The number of fused-ring (bicyclic) bond motifs is 1. The number of nitrogens with zero attached hydrogens (tertiary/aromatic N) is 1. The van der Waals surface area contributed by atoms with E-state index < -0.39 is 4.92 Å². The first-order chi connectivity index (χ1) is 13.9. The van der Waals surface area contributed by atoms with Crippen molar-refractivity contribution in [1.29, 1.82) is 0 Å². The Balaban J connectivity index is 1.63. The Morgan fingerprint density at radius 3 is 2.48 bits per heavy atom. The molecule has 1 N–H and O–H groups in total. The molecule has 1 aliphatic heterocycles. The topological polar surface area (TPSA) is 99.9 Å². The number of rotatable bonds is 7. The van der Waals surface area contributed by atoms with Gasteiger partial charge in [0.1, 0.15) is 5.75 Å². The summed E-state index contributed by atoms with van der Waals surface area (Å²) in [4.78, 5) is 22.6. The van der Waals surface area contributed by atoms with E-state index in [1.165, 1.54) is 24.3 Å². The summed E-state index contributed by atoms with van der Waals surface area (Å²) in [5.41, 5.74) is 0.893. The highest BCUT2D eigenvalue weighted by atomic mass is 16.6. The van der Waals surface area contributed by atoms with Gasteiger partial charge >= 0.3 is 0 Å². The van der Waals surface area contributed by atoms with Crippen LogP contribution in [0.1, 0.15) is 31.9 Å². The number of carbonyl (C=O) groups excluding carboxylic acids is 1. The highest BCUT2D eigenvalue weighted by Gasteiger charge is 2.21. The van der Waals surface area contributed by atoms with Crippen LogP contribution in [-0.4, -0.2) is 30.7 Å². The van der Waals surface area contributed by atoms with E-state index in [4.69, 9.17) is 14.2 Å². The van der Waals surface area contributed by atoms with Crippen molar-refractivity contribution in [2.24, 2.45) is 5.92 Å². The summed E-state index contributed by atoms with van der Waals surface area (Å²) in [6.07, 6.45) is 0.828. The van der Waals surface area contributed by atoms with Crippen molar-refractivity contribution >= 4 is 11.6 Å². The van der Waals surface area contributed by atoms with Crippen LogP contribution in [0, 0.1) is 16.0 Å². The molecule has 0 saturated carbocycles. The van der Waals surface area contributed by atoms with Crippen LogP contribution < -0.4 is 19.5 Å². The number of hydrogen-bond donors (Lipinski definition) is 1. The SMILES string of the molecule is CC(C)C(NC(=O)COc1ccc([N+](=O)[O-])cc1)c1ccc2c(c1)OCCCO2. The molecule has 8 heteroatoms. The van der Waals surface area contributed by atoms with Gasteiger partial charge in [-0.3, -0.25) is 14.9 Å². The van der Waals surface area contributed by atoms with Gasteiger partial charge in [0.25, 0.3) is 11.6 Å². The van der Waals surface area contributed by atoms with E-state index >= 15 is 0 Å². The second-order valence-corrected chi connectivity index (χ2v) is 7.09. The predicted octanol–water partition coefficient (Wildman–Crippen LogP) is 3.65. The normalized spacial score (nSPS) is 14.0. The Kier molecular flexibility index (Phi) is 6.54. The number of nitro benzene ring substituents is 1. The molecule has 29 heavy (non-hydrogen) atoms. The highest BCUT2D eigenvalue weighted by Crippen LogP contribution is 2.34. The van der Waals surface area contributed by atoms with Gasteiger partial charge in [-0.25, -0.2) is 0 Å². The number of non-ortho nitro benzene ring substituents is 1. The van der Waals surface area contributed by atoms with E-state index in [1.807, 2.05) is 32.0 Å². The molecule has 1 unspecified atom stereocenters. The average Bonchev–Trinajstić information content (AvgIpc) is 2.95. The third-order valence-corrected chi connectivity index (χ3v) is 4.53. The monoisotopic (exact) mass is 400 g/mol. The summed E-state index contributed by atoms with van der Waals surface area (Å²) in [6.45, 7) is 5.07. The molecular formula is C21H24N2O6. The summed E-state index contributed by atoms with van der Waals surface area (Å²) >= 11 is 0. The lowest BCUT2D eigenvalue weighted by molar-refractivity contribution is -0.384. The van der Waals surface area contributed by atoms with Gasteiger partial charge in [-0.2, -0.15) is 0 Å². The molecule has 0 spiro atoms. The Labute approximate surface area is 168 Å². The molecule has 0 radical (unpaired) electrons. The zero-order valence-electron chi connectivity index (χ0n) is 16.4. The Morgan fingerprint density at radius 2 is 1.83 bits per heavy atom. The maximum absolute atomic E-state index is 12.4. The molecule has 1 heterocycles. The number of carbonyl (C=O) groups is 1. The van der Waals surface area contributed by atoms with E-state index in [-0.39, 0.29) is 30.2 Å². The lowest BCUT2D eigenvalue weighted by Crippen LogP contribution is -2.35. The predicted molar refractivity (Wildman–Crippen MR) is 106 cm³/mol. The zero-order valence-corrected chi connectivity index (χ0v) is 16.4. The molecule has 154 valence electrons. The minimum atomic E-state index is -0.487. The van der Waals surface area contributed by atoms with Gasteiger partial charge in [0.05, 0.1) is 24.2 Å². The molecule has 1 amide bonds. The molecule has 0 fully saturated rings. The van der Waals surface area contributed by atoms with E-state index in [0.29, 0.717) is 30.5 Å².